The van der Waals surface area contributed by atoms with E-state index in [0.717, 1.165) is 35.3 Å². The number of rotatable bonds is 10. The number of esters is 1. The third-order valence-electron chi connectivity index (χ3n) is 5.74. The lowest BCUT2D eigenvalue weighted by Gasteiger charge is -2.14. The second-order valence-corrected chi connectivity index (χ2v) is 9.95. The molecule has 1 amide bonds. The Morgan fingerprint density at radius 2 is 1.83 bits per heavy atom. The van der Waals surface area contributed by atoms with E-state index in [1.807, 2.05) is 7.05 Å². The molecular weight excluding hydrogens is 504 g/mol. The third-order valence-corrected chi connectivity index (χ3v) is 7.97. The number of carbonyl (C=O) groups is 2. The molecule has 0 atom stereocenters. The molecular formula is C24H28N4O6S2. The minimum absolute atomic E-state index is 0.103. The summed E-state index contributed by atoms with van der Waals surface area (Å²) in [5.74, 6) is 1.56. The van der Waals surface area contributed by atoms with E-state index in [2.05, 4.69) is 15.5 Å². The van der Waals surface area contributed by atoms with Crippen molar-refractivity contribution in [3.63, 3.8) is 0 Å². The highest BCUT2D eigenvalue weighted by molar-refractivity contribution is 7.99. The lowest BCUT2D eigenvalue weighted by molar-refractivity contribution is -0.113. The molecule has 36 heavy (non-hydrogen) atoms. The van der Waals surface area contributed by atoms with Crippen molar-refractivity contribution in [2.24, 2.45) is 7.05 Å². The van der Waals surface area contributed by atoms with Crippen LogP contribution < -0.4 is 19.5 Å². The molecule has 0 fully saturated rings. The molecule has 12 heteroatoms. The summed E-state index contributed by atoms with van der Waals surface area (Å²) in [6.07, 6.45) is 2.75. The van der Waals surface area contributed by atoms with E-state index >= 15 is 0 Å². The Balaban J connectivity index is 1.48. The van der Waals surface area contributed by atoms with Gasteiger partial charge >= 0.3 is 5.97 Å². The molecule has 0 radical (unpaired) electrons. The maximum atomic E-state index is 12.8. The number of fused-ring (bicyclic) bond motifs is 1. The minimum Gasteiger partial charge on any atom is -0.493 e. The average molecular weight is 533 g/mol. The van der Waals surface area contributed by atoms with Crippen LogP contribution in [0.25, 0.3) is 11.4 Å². The van der Waals surface area contributed by atoms with Crippen molar-refractivity contribution in [3.8, 4) is 28.6 Å². The SMILES string of the molecule is CCOC(=O)c1c(NC(=O)CSc2nnc(-c3cc(OC)c(OC)c(OC)c3)n2C)sc2c1CCC2. The second-order valence-electron chi connectivity index (χ2n) is 7.90. The molecule has 1 aliphatic rings. The average Bonchev–Trinajstić information content (AvgIpc) is 3.56. The lowest BCUT2D eigenvalue weighted by atomic mass is 10.1. The number of thioether (sulfide) groups is 1. The van der Waals surface area contributed by atoms with Gasteiger partial charge in [0.25, 0.3) is 0 Å². The molecule has 192 valence electrons. The van der Waals surface area contributed by atoms with Crippen LogP contribution in [0.1, 0.15) is 34.1 Å². The molecule has 0 aliphatic heterocycles. The summed E-state index contributed by atoms with van der Waals surface area (Å²) in [4.78, 5) is 26.5. The van der Waals surface area contributed by atoms with Crippen molar-refractivity contribution in [1.29, 1.82) is 0 Å². The molecule has 0 bridgehead atoms. The van der Waals surface area contributed by atoms with Gasteiger partial charge in [0.05, 0.1) is 39.3 Å². The summed E-state index contributed by atoms with van der Waals surface area (Å²) in [6.45, 7) is 2.06. The molecule has 2 heterocycles. The Labute approximate surface area is 217 Å². The predicted molar refractivity (Wildman–Crippen MR) is 138 cm³/mol. The van der Waals surface area contributed by atoms with Crippen molar-refractivity contribution in [2.45, 2.75) is 31.3 Å². The topological polar surface area (TPSA) is 114 Å². The number of ether oxygens (including phenoxy) is 4. The Hall–Kier alpha value is -3.25. The first-order chi connectivity index (χ1) is 17.4. The summed E-state index contributed by atoms with van der Waals surface area (Å²) >= 11 is 2.71. The van der Waals surface area contributed by atoms with Crippen LogP contribution in [-0.4, -0.2) is 60.3 Å². The molecule has 0 saturated heterocycles. The fraction of sp³-hybridized carbons (Fsp3) is 0.417. The standard InChI is InChI=1S/C24H28N4O6S2/c1-6-34-23(30)19-14-8-7-9-17(14)36-22(19)25-18(29)12-35-24-27-26-21(28(24)2)13-10-15(31-3)20(33-5)16(11-13)32-4/h10-11H,6-9,12H2,1-5H3,(H,25,29). The van der Waals surface area contributed by atoms with Crippen LogP contribution in [0.2, 0.25) is 0 Å². The summed E-state index contributed by atoms with van der Waals surface area (Å²) < 4.78 is 23.3. The summed E-state index contributed by atoms with van der Waals surface area (Å²) in [5, 5.41) is 12.6. The van der Waals surface area contributed by atoms with Crippen LogP contribution in [0.5, 0.6) is 17.2 Å². The largest absolute Gasteiger partial charge is 0.493 e. The number of benzene rings is 1. The van der Waals surface area contributed by atoms with Gasteiger partial charge in [-0.2, -0.15) is 0 Å². The number of thiophene rings is 1. The van der Waals surface area contributed by atoms with Crippen molar-refractivity contribution < 1.29 is 28.5 Å². The molecule has 3 aromatic rings. The molecule has 4 rings (SSSR count). The Kier molecular flexibility index (Phi) is 8.04. The highest BCUT2D eigenvalue weighted by Crippen LogP contribution is 2.41. The monoisotopic (exact) mass is 532 g/mol. The van der Waals surface area contributed by atoms with Crippen LogP contribution >= 0.6 is 23.1 Å². The van der Waals surface area contributed by atoms with Crippen LogP contribution in [0, 0.1) is 0 Å². The van der Waals surface area contributed by atoms with E-state index in [1.165, 1.54) is 23.1 Å². The molecule has 0 unspecified atom stereocenters. The smallest absolute Gasteiger partial charge is 0.341 e. The van der Waals surface area contributed by atoms with Gasteiger partial charge < -0.3 is 28.8 Å². The van der Waals surface area contributed by atoms with E-state index in [1.54, 1.807) is 45.0 Å². The van der Waals surface area contributed by atoms with Gasteiger partial charge in [-0.05, 0) is 43.9 Å². The van der Waals surface area contributed by atoms with Gasteiger partial charge in [-0.25, -0.2) is 4.79 Å². The number of anilines is 1. The number of nitrogens with zero attached hydrogens (tertiary/aromatic N) is 3. The Morgan fingerprint density at radius 3 is 2.47 bits per heavy atom. The van der Waals surface area contributed by atoms with Gasteiger partial charge in [0.2, 0.25) is 11.7 Å². The Morgan fingerprint density at radius 1 is 1.11 bits per heavy atom. The fourth-order valence-corrected chi connectivity index (χ4v) is 6.11. The van der Waals surface area contributed by atoms with E-state index in [-0.39, 0.29) is 24.2 Å². The van der Waals surface area contributed by atoms with Gasteiger partial charge in [0.1, 0.15) is 5.00 Å². The first-order valence-corrected chi connectivity index (χ1v) is 13.2. The van der Waals surface area contributed by atoms with Crippen LogP contribution in [-0.2, 0) is 29.4 Å². The molecule has 0 saturated carbocycles. The molecule has 10 nitrogen and oxygen atoms in total. The van der Waals surface area contributed by atoms with Crippen LogP contribution in [0.15, 0.2) is 17.3 Å². The van der Waals surface area contributed by atoms with E-state index in [9.17, 15) is 9.59 Å². The summed E-state index contributed by atoms with van der Waals surface area (Å²) in [5.41, 5.74) is 2.23. The van der Waals surface area contributed by atoms with Crippen molar-refractivity contribution in [3.05, 3.63) is 28.1 Å². The zero-order valence-corrected chi connectivity index (χ0v) is 22.4. The van der Waals surface area contributed by atoms with E-state index in [0.29, 0.717) is 38.8 Å². The van der Waals surface area contributed by atoms with Crippen LogP contribution in [0.3, 0.4) is 0 Å². The molecule has 1 N–H and O–H groups in total. The van der Waals surface area contributed by atoms with E-state index < -0.39 is 0 Å². The quantitative estimate of drug-likeness (QED) is 0.306. The van der Waals surface area contributed by atoms with Crippen LogP contribution in [0.4, 0.5) is 5.00 Å². The molecule has 0 spiro atoms. The fourth-order valence-electron chi connectivity index (χ4n) is 4.11. The van der Waals surface area contributed by atoms with Gasteiger partial charge in [0, 0.05) is 17.5 Å². The number of amides is 1. The first kappa shape index (κ1) is 25.8. The van der Waals surface area contributed by atoms with Gasteiger partial charge in [-0.15, -0.1) is 21.5 Å². The third kappa shape index (κ3) is 5.00. The number of aryl methyl sites for hydroxylation is 1. The Bertz CT molecular complexity index is 1260. The van der Waals surface area contributed by atoms with Gasteiger partial charge in [0.15, 0.2) is 22.5 Å². The number of nitrogens with one attached hydrogen (secondary N) is 1. The maximum absolute atomic E-state index is 12.8. The van der Waals surface area contributed by atoms with Crippen molar-refractivity contribution >= 4 is 40.0 Å². The van der Waals surface area contributed by atoms with Crippen molar-refractivity contribution in [1.82, 2.24) is 14.8 Å². The highest BCUT2D eigenvalue weighted by Gasteiger charge is 2.28. The van der Waals surface area contributed by atoms with E-state index in [4.69, 9.17) is 18.9 Å². The minimum atomic E-state index is -0.386. The number of carbonyl (C=O) groups excluding carboxylic acids is 2. The molecule has 2 aromatic heterocycles. The normalized spacial score (nSPS) is 12.2. The summed E-state index contributed by atoms with van der Waals surface area (Å²) in [7, 11) is 6.46. The number of aromatic nitrogens is 3. The van der Waals surface area contributed by atoms with Gasteiger partial charge in [-0.1, -0.05) is 11.8 Å². The number of hydrogen-bond donors (Lipinski definition) is 1. The zero-order chi connectivity index (χ0) is 25.8. The second kappa shape index (κ2) is 11.2. The summed E-state index contributed by atoms with van der Waals surface area (Å²) in [6, 6.07) is 3.58. The zero-order valence-electron chi connectivity index (χ0n) is 20.8. The van der Waals surface area contributed by atoms with Gasteiger partial charge in [-0.3, -0.25) is 4.79 Å². The lowest BCUT2D eigenvalue weighted by Crippen LogP contribution is -2.17. The van der Waals surface area contributed by atoms with Crippen molar-refractivity contribution in [2.75, 3.05) is 39.0 Å². The first-order valence-electron chi connectivity index (χ1n) is 11.4. The molecule has 1 aliphatic carbocycles. The number of hydrogen-bond acceptors (Lipinski definition) is 10. The molecule has 1 aromatic carbocycles. The predicted octanol–water partition coefficient (Wildman–Crippen LogP) is 3.97. The maximum Gasteiger partial charge on any atom is 0.341 e. The number of methoxy groups -OCH3 is 3. The highest BCUT2D eigenvalue weighted by atomic mass is 32.2.